The first-order chi connectivity index (χ1) is 9.60. The van der Waals surface area contributed by atoms with Crippen molar-refractivity contribution in [2.24, 2.45) is 0 Å². The van der Waals surface area contributed by atoms with E-state index in [0.717, 1.165) is 27.0 Å². The first-order valence-electron chi connectivity index (χ1n) is 6.40. The summed E-state index contributed by atoms with van der Waals surface area (Å²) in [6.45, 7) is 4.15. The number of hydrogen-bond donors (Lipinski definition) is 0. The Morgan fingerprint density at radius 1 is 1.10 bits per heavy atom. The van der Waals surface area contributed by atoms with Crippen LogP contribution in [0.5, 0.6) is 0 Å². The molecule has 0 amide bonds. The fraction of sp³-hybridized carbons (Fsp3) is 0.188. The minimum absolute atomic E-state index is 0.383. The highest BCUT2D eigenvalue weighted by Crippen LogP contribution is 2.29. The third kappa shape index (κ3) is 2.25. The van der Waals surface area contributed by atoms with E-state index < -0.39 is 0 Å². The molecule has 0 saturated heterocycles. The van der Waals surface area contributed by atoms with Crippen LogP contribution in [0, 0.1) is 13.8 Å². The van der Waals surface area contributed by atoms with Gasteiger partial charge in [-0.2, -0.15) is 0 Å². The van der Waals surface area contributed by atoms with Crippen molar-refractivity contribution in [1.82, 2.24) is 9.55 Å². The molecule has 2 aromatic carbocycles. The molecule has 3 rings (SSSR count). The lowest BCUT2D eigenvalue weighted by Gasteiger charge is -2.11. The van der Waals surface area contributed by atoms with E-state index in [0.29, 0.717) is 5.88 Å². The van der Waals surface area contributed by atoms with E-state index in [1.165, 1.54) is 11.1 Å². The summed E-state index contributed by atoms with van der Waals surface area (Å²) in [7, 11) is 0. The van der Waals surface area contributed by atoms with Gasteiger partial charge in [-0.15, -0.1) is 11.6 Å². The number of halogens is 2. The van der Waals surface area contributed by atoms with E-state index >= 15 is 0 Å². The molecule has 0 aliphatic carbocycles. The van der Waals surface area contributed by atoms with E-state index in [1.807, 2.05) is 0 Å². The van der Waals surface area contributed by atoms with E-state index in [4.69, 9.17) is 11.6 Å². The predicted octanol–water partition coefficient (Wildman–Crippen LogP) is 5.14. The highest BCUT2D eigenvalue weighted by molar-refractivity contribution is 9.10. The summed E-state index contributed by atoms with van der Waals surface area (Å²) in [4.78, 5) is 4.65. The Balaban J connectivity index is 2.37. The molecular weight excluding hydrogens is 336 g/mol. The van der Waals surface area contributed by atoms with Gasteiger partial charge in [0.05, 0.1) is 22.6 Å². The summed E-state index contributed by atoms with van der Waals surface area (Å²) in [6, 6.07) is 12.6. The van der Waals surface area contributed by atoms with Gasteiger partial charge in [0.15, 0.2) is 0 Å². The van der Waals surface area contributed by atoms with Crippen molar-refractivity contribution < 1.29 is 0 Å². The minimum Gasteiger partial charge on any atom is -0.294 e. The van der Waals surface area contributed by atoms with Crippen molar-refractivity contribution in [2.75, 3.05) is 0 Å². The molecule has 0 fully saturated rings. The average molecular weight is 350 g/mol. The second kappa shape index (κ2) is 5.23. The number of aromatic nitrogens is 2. The van der Waals surface area contributed by atoms with Crippen LogP contribution in [0.25, 0.3) is 16.7 Å². The Morgan fingerprint density at radius 3 is 2.55 bits per heavy atom. The predicted molar refractivity (Wildman–Crippen MR) is 87.8 cm³/mol. The normalized spacial score (nSPS) is 11.2. The largest absolute Gasteiger partial charge is 0.294 e. The molecule has 2 nitrogen and oxygen atoms in total. The molecule has 102 valence electrons. The number of hydrogen-bond acceptors (Lipinski definition) is 1. The monoisotopic (exact) mass is 348 g/mol. The quantitative estimate of drug-likeness (QED) is 0.585. The van der Waals surface area contributed by atoms with Crippen LogP contribution in [0.15, 0.2) is 40.9 Å². The van der Waals surface area contributed by atoms with Gasteiger partial charge < -0.3 is 0 Å². The zero-order valence-electron chi connectivity index (χ0n) is 11.3. The summed E-state index contributed by atoms with van der Waals surface area (Å²) < 4.78 is 3.16. The van der Waals surface area contributed by atoms with Gasteiger partial charge in [-0.1, -0.05) is 12.1 Å². The van der Waals surface area contributed by atoms with Gasteiger partial charge in [-0.25, -0.2) is 4.98 Å². The molecule has 0 aliphatic heterocycles. The minimum atomic E-state index is 0.383. The molecule has 0 aliphatic rings. The molecule has 0 unspecified atom stereocenters. The Kier molecular flexibility index (Phi) is 3.57. The third-order valence-corrected chi connectivity index (χ3v) is 4.25. The maximum absolute atomic E-state index is 6.09. The van der Waals surface area contributed by atoms with Gasteiger partial charge in [0.25, 0.3) is 0 Å². The number of rotatable bonds is 2. The third-order valence-electron chi connectivity index (χ3n) is 3.34. The molecule has 3 aromatic rings. The summed E-state index contributed by atoms with van der Waals surface area (Å²) in [5, 5.41) is 0. The fourth-order valence-electron chi connectivity index (χ4n) is 2.39. The molecule has 4 heteroatoms. The van der Waals surface area contributed by atoms with Crippen LogP contribution < -0.4 is 0 Å². The standard InChI is InChI=1S/C16H14BrClN2/c1-10-4-6-14-13(7-10)19-16(9-18)20(14)15-8-11(2)3-5-12(15)17/h3-8H,9H2,1-2H3. The van der Waals surface area contributed by atoms with Gasteiger partial charge >= 0.3 is 0 Å². The molecule has 0 N–H and O–H groups in total. The van der Waals surface area contributed by atoms with Gasteiger partial charge in [0.1, 0.15) is 5.82 Å². The van der Waals surface area contributed by atoms with Crippen LogP contribution in [-0.2, 0) is 5.88 Å². The Labute approximate surface area is 131 Å². The maximum Gasteiger partial charge on any atom is 0.129 e. The second-order valence-electron chi connectivity index (χ2n) is 4.94. The van der Waals surface area contributed by atoms with Gasteiger partial charge in [0, 0.05) is 4.47 Å². The number of benzene rings is 2. The van der Waals surface area contributed by atoms with Crippen LogP contribution in [0.3, 0.4) is 0 Å². The molecule has 1 heterocycles. The number of aryl methyl sites for hydroxylation is 2. The summed E-state index contributed by atoms with van der Waals surface area (Å²) >= 11 is 9.71. The first-order valence-corrected chi connectivity index (χ1v) is 7.73. The lowest BCUT2D eigenvalue weighted by atomic mass is 10.2. The maximum atomic E-state index is 6.09. The molecular formula is C16H14BrClN2. The van der Waals surface area contributed by atoms with Crippen molar-refractivity contribution in [3.63, 3.8) is 0 Å². The van der Waals surface area contributed by atoms with E-state index in [9.17, 15) is 0 Å². The van der Waals surface area contributed by atoms with Crippen molar-refractivity contribution in [1.29, 1.82) is 0 Å². The second-order valence-corrected chi connectivity index (χ2v) is 6.07. The lowest BCUT2D eigenvalue weighted by molar-refractivity contribution is 0.975. The zero-order valence-corrected chi connectivity index (χ0v) is 13.7. The summed E-state index contributed by atoms with van der Waals surface area (Å²) in [6.07, 6.45) is 0. The molecule has 0 bridgehead atoms. The number of alkyl halides is 1. The summed E-state index contributed by atoms with van der Waals surface area (Å²) in [5.74, 6) is 1.24. The number of imidazole rings is 1. The topological polar surface area (TPSA) is 17.8 Å². The van der Waals surface area contributed by atoms with Crippen molar-refractivity contribution >= 4 is 38.6 Å². The first kappa shape index (κ1) is 13.7. The van der Waals surface area contributed by atoms with Crippen molar-refractivity contribution in [3.8, 4) is 5.69 Å². The molecule has 0 radical (unpaired) electrons. The van der Waals surface area contributed by atoms with E-state index in [-0.39, 0.29) is 0 Å². The lowest BCUT2D eigenvalue weighted by Crippen LogP contribution is -2.00. The van der Waals surface area contributed by atoms with Gasteiger partial charge in [-0.05, 0) is 65.2 Å². The van der Waals surface area contributed by atoms with Crippen molar-refractivity contribution in [2.45, 2.75) is 19.7 Å². The van der Waals surface area contributed by atoms with Crippen LogP contribution >= 0.6 is 27.5 Å². The fourth-order valence-corrected chi connectivity index (χ4v) is 3.00. The van der Waals surface area contributed by atoms with Crippen molar-refractivity contribution in [3.05, 3.63) is 57.8 Å². The summed E-state index contributed by atoms with van der Waals surface area (Å²) in [5.41, 5.74) is 5.54. The molecule has 0 saturated carbocycles. The average Bonchev–Trinajstić information content (AvgIpc) is 2.78. The SMILES string of the molecule is Cc1ccc(Br)c(-n2c(CCl)nc3cc(C)ccc32)c1. The van der Waals surface area contributed by atoms with Crippen LogP contribution in [0.2, 0.25) is 0 Å². The smallest absolute Gasteiger partial charge is 0.129 e. The van der Waals surface area contributed by atoms with Gasteiger partial charge in [-0.3, -0.25) is 4.57 Å². The van der Waals surface area contributed by atoms with E-state index in [2.05, 4.69) is 75.7 Å². The van der Waals surface area contributed by atoms with Crippen LogP contribution in [0.4, 0.5) is 0 Å². The highest BCUT2D eigenvalue weighted by atomic mass is 79.9. The Hall–Kier alpha value is -1.32. The number of nitrogens with zero attached hydrogens (tertiary/aromatic N) is 2. The molecule has 20 heavy (non-hydrogen) atoms. The molecule has 0 spiro atoms. The van der Waals surface area contributed by atoms with Crippen LogP contribution in [-0.4, -0.2) is 9.55 Å². The zero-order chi connectivity index (χ0) is 14.3. The Morgan fingerprint density at radius 2 is 1.80 bits per heavy atom. The number of fused-ring (bicyclic) bond motifs is 1. The van der Waals surface area contributed by atoms with E-state index in [1.54, 1.807) is 0 Å². The van der Waals surface area contributed by atoms with Crippen LogP contribution in [0.1, 0.15) is 17.0 Å². The highest BCUT2D eigenvalue weighted by Gasteiger charge is 2.14. The Bertz CT molecular complexity index is 793. The molecule has 0 atom stereocenters. The molecule has 1 aromatic heterocycles. The van der Waals surface area contributed by atoms with Gasteiger partial charge in [0.2, 0.25) is 0 Å².